The zero-order chi connectivity index (χ0) is 7.44. The second-order valence-electron chi connectivity index (χ2n) is 2.08. The summed E-state index contributed by atoms with van der Waals surface area (Å²) in [5.74, 6) is 6.32. The van der Waals surface area contributed by atoms with E-state index in [1.807, 2.05) is 25.7 Å². The molecule has 0 aliphatic carbocycles. The third-order valence-electron chi connectivity index (χ3n) is 0.981. The molecule has 0 aromatic rings. The number of guanidine groups is 1. The minimum atomic E-state index is 0. The molecule has 10 heavy (non-hydrogen) atoms. The van der Waals surface area contributed by atoms with Crippen LogP contribution in [0.1, 0.15) is 0 Å². The highest BCUT2D eigenvalue weighted by atomic mass is 127. The van der Waals surface area contributed by atoms with Crippen LogP contribution in [0.4, 0.5) is 0 Å². The third-order valence-corrected chi connectivity index (χ3v) is 0.981. The van der Waals surface area contributed by atoms with Crippen LogP contribution >= 0.6 is 0 Å². The van der Waals surface area contributed by atoms with Gasteiger partial charge in [0.25, 0.3) is 0 Å². The number of nitrogens with two attached hydrogens (primary N) is 1. The van der Waals surface area contributed by atoms with Crippen LogP contribution in [0.3, 0.4) is 0 Å². The van der Waals surface area contributed by atoms with Gasteiger partial charge in [-0.1, -0.05) is 0 Å². The molecule has 0 unspecified atom stereocenters. The van der Waals surface area contributed by atoms with Crippen LogP contribution in [-0.2, 0) is 0 Å². The Kier molecular flexibility index (Phi) is 7.22. The lowest BCUT2D eigenvalue weighted by Gasteiger charge is -2.08. The molecule has 0 heterocycles. The molecule has 62 valence electrons. The molecule has 0 aromatic heterocycles. The molecule has 3 N–H and O–H groups in total. The molecule has 0 atom stereocenters. The van der Waals surface area contributed by atoms with Crippen molar-refractivity contribution in [2.24, 2.45) is 5.84 Å². The molecule has 0 rings (SSSR count). The van der Waals surface area contributed by atoms with Crippen LogP contribution in [0.15, 0.2) is 0 Å². The number of halogens is 1. The Labute approximate surface area is 79.1 Å². The van der Waals surface area contributed by atoms with Gasteiger partial charge in [-0.05, 0) is 0 Å². The SMILES string of the molecule is CNC(N(C)N)=[N+](C)C.[I-]. The van der Waals surface area contributed by atoms with E-state index in [4.69, 9.17) is 5.84 Å². The van der Waals surface area contributed by atoms with Gasteiger partial charge in [0.2, 0.25) is 0 Å². The van der Waals surface area contributed by atoms with Gasteiger partial charge in [0.05, 0.1) is 28.2 Å². The molecule has 0 aromatic carbocycles. The number of rotatable bonds is 0. The Morgan fingerprint density at radius 1 is 1.50 bits per heavy atom. The summed E-state index contributed by atoms with van der Waals surface area (Å²) >= 11 is 0. The van der Waals surface area contributed by atoms with Crippen molar-refractivity contribution < 1.29 is 28.6 Å². The molecular weight excluding hydrogens is 243 g/mol. The van der Waals surface area contributed by atoms with Crippen LogP contribution in [0.25, 0.3) is 0 Å². The smallest absolute Gasteiger partial charge is 0.364 e. The number of hydrogen-bond acceptors (Lipinski definition) is 1. The Morgan fingerprint density at radius 3 is 1.90 bits per heavy atom. The average molecular weight is 258 g/mol. The van der Waals surface area contributed by atoms with Crippen LogP contribution in [0, 0.1) is 0 Å². The Hall–Kier alpha value is -0.0400. The summed E-state index contributed by atoms with van der Waals surface area (Å²) < 4.78 is 1.90. The van der Waals surface area contributed by atoms with Crippen molar-refractivity contribution in [1.82, 2.24) is 10.3 Å². The summed E-state index contributed by atoms with van der Waals surface area (Å²) in [6.07, 6.45) is 0. The Bertz CT molecular complexity index is 117. The van der Waals surface area contributed by atoms with E-state index >= 15 is 0 Å². The molecule has 0 saturated carbocycles. The van der Waals surface area contributed by atoms with E-state index in [2.05, 4.69) is 5.32 Å². The maximum Gasteiger partial charge on any atom is 0.364 e. The molecule has 0 saturated heterocycles. The zero-order valence-electron chi connectivity index (χ0n) is 6.85. The number of nitrogens with one attached hydrogen (secondary N) is 1. The molecular formula is C5H15IN4. The summed E-state index contributed by atoms with van der Waals surface area (Å²) in [5, 5.41) is 4.47. The maximum absolute atomic E-state index is 5.44. The van der Waals surface area contributed by atoms with Gasteiger partial charge in [-0.2, -0.15) is 10.9 Å². The third kappa shape index (κ3) is 3.89. The molecule has 0 amide bonds. The first-order valence-corrected chi connectivity index (χ1v) is 2.80. The first-order chi connectivity index (χ1) is 4.09. The highest BCUT2D eigenvalue weighted by molar-refractivity contribution is 5.73. The van der Waals surface area contributed by atoms with Crippen molar-refractivity contribution in [2.45, 2.75) is 0 Å². The van der Waals surface area contributed by atoms with Crippen molar-refractivity contribution in [3.8, 4) is 0 Å². The van der Waals surface area contributed by atoms with E-state index in [9.17, 15) is 0 Å². The van der Waals surface area contributed by atoms with Crippen molar-refractivity contribution in [3.05, 3.63) is 0 Å². The highest BCUT2D eigenvalue weighted by Gasteiger charge is 2.06. The number of hydrazine groups is 1. The van der Waals surface area contributed by atoms with Gasteiger partial charge >= 0.3 is 5.96 Å². The van der Waals surface area contributed by atoms with Gasteiger partial charge in [0.1, 0.15) is 0 Å². The molecule has 0 aliphatic heterocycles. The fourth-order valence-corrected chi connectivity index (χ4v) is 0.715. The largest absolute Gasteiger partial charge is 1.00 e. The van der Waals surface area contributed by atoms with Crippen molar-refractivity contribution in [2.75, 3.05) is 28.2 Å². The second kappa shape index (κ2) is 5.72. The molecule has 0 radical (unpaired) electrons. The normalized spacial score (nSPS) is 7.70. The maximum atomic E-state index is 5.44. The predicted octanol–water partition coefficient (Wildman–Crippen LogP) is -4.36. The van der Waals surface area contributed by atoms with Gasteiger partial charge in [0.15, 0.2) is 0 Å². The van der Waals surface area contributed by atoms with Gasteiger partial charge in [-0.15, -0.1) is 0 Å². The molecule has 0 aliphatic rings. The minimum absolute atomic E-state index is 0. The van der Waals surface area contributed by atoms with Gasteiger partial charge in [-0.3, -0.25) is 9.89 Å². The van der Waals surface area contributed by atoms with E-state index in [1.54, 1.807) is 7.05 Å². The van der Waals surface area contributed by atoms with E-state index in [0.29, 0.717) is 0 Å². The highest BCUT2D eigenvalue weighted by Crippen LogP contribution is 1.69. The van der Waals surface area contributed by atoms with E-state index < -0.39 is 0 Å². The lowest BCUT2D eigenvalue weighted by atomic mass is 10.8. The monoisotopic (exact) mass is 258 g/mol. The topological polar surface area (TPSA) is 44.3 Å². The van der Waals surface area contributed by atoms with Crippen LogP contribution < -0.4 is 35.1 Å². The fraction of sp³-hybridized carbons (Fsp3) is 0.800. The predicted molar refractivity (Wildman–Crippen MR) is 38.1 cm³/mol. The summed E-state index contributed by atoms with van der Waals surface area (Å²) in [7, 11) is 7.47. The van der Waals surface area contributed by atoms with Crippen LogP contribution in [0.5, 0.6) is 0 Å². The number of hydrogen-bond donors (Lipinski definition) is 2. The average Bonchev–Trinajstić information content (AvgIpc) is 1.64. The first kappa shape index (κ1) is 12.6. The Balaban J connectivity index is 0. The van der Waals surface area contributed by atoms with Gasteiger partial charge < -0.3 is 24.0 Å². The summed E-state index contributed by atoms with van der Waals surface area (Å²) in [6, 6.07) is 0. The van der Waals surface area contributed by atoms with Crippen molar-refractivity contribution in [3.63, 3.8) is 0 Å². The standard InChI is InChI=1S/C5H14N4.HI/c1-7-5(8(2)3)9(4)6;/h6H2,1-4H3;1H. The minimum Gasteiger partial charge on any atom is -1.00 e. The van der Waals surface area contributed by atoms with Crippen LogP contribution in [0.2, 0.25) is 0 Å². The second-order valence-corrected chi connectivity index (χ2v) is 2.08. The van der Waals surface area contributed by atoms with Gasteiger partial charge in [-0.25, -0.2) is 0 Å². The molecule has 0 bridgehead atoms. The zero-order valence-corrected chi connectivity index (χ0v) is 9.01. The fourth-order valence-electron chi connectivity index (χ4n) is 0.715. The summed E-state index contributed by atoms with van der Waals surface area (Å²) in [6.45, 7) is 0. The van der Waals surface area contributed by atoms with E-state index in [-0.39, 0.29) is 24.0 Å². The summed E-state index contributed by atoms with van der Waals surface area (Å²) in [5.41, 5.74) is 0. The molecule has 0 fully saturated rings. The van der Waals surface area contributed by atoms with Crippen molar-refractivity contribution >= 4 is 5.96 Å². The first-order valence-electron chi connectivity index (χ1n) is 2.80. The lowest BCUT2D eigenvalue weighted by Crippen LogP contribution is -3.00. The lowest BCUT2D eigenvalue weighted by molar-refractivity contribution is -0.472. The quantitative estimate of drug-likeness (QED) is 0.115. The van der Waals surface area contributed by atoms with Crippen LogP contribution in [-0.4, -0.2) is 43.7 Å². The molecule has 5 heteroatoms. The number of nitrogens with zero attached hydrogens (tertiary/aromatic N) is 2. The summed E-state index contributed by atoms with van der Waals surface area (Å²) in [4.78, 5) is 0. The molecule has 4 nitrogen and oxygen atoms in total. The van der Waals surface area contributed by atoms with E-state index in [1.165, 1.54) is 5.01 Å². The van der Waals surface area contributed by atoms with Gasteiger partial charge in [0, 0.05) is 0 Å². The van der Waals surface area contributed by atoms with Crippen molar-refractivity contribution in [1.29, 1.82) is 0 Å². The Morgan fingerprint density at radius 2 is 1.90 bits per heavy atom. The molecule has 0 spiro atoms. The van der Waals surface area contributed by atoms with E-state index in [0.717, 1.165) is 5.96 Å².